The summed E-state index contributed by atoms with van der Waals surface area (Å²) in [4.78, 5) is 4.27. The van der Waals surface area contributed by atoms with Crippen molar-refractivity contribution in [2.75, 3.05) is 0 Å². The molecule has 5 heteroatoms. The summed E-state index contributed by atoms with van der Waals surface area (Å²) in [7, 11) is 1.83. The summed E-state index contributed by atoms with van der Waals surface area (Å²) in [6.07, 6.45) is 3.43. The number of pyridine rings is 1. The molecule has 0 atom stereocenters. The number of nitrogens with zero attached hydrogens (tertiary/aromatic N) is 3. The highest BCUT2D eigenvalue weighted by Gasteiger charge is 2.03. The highest BCUT2D eigenvalue weighted by molar-refractivity contribution is 6.17. The van der Waals surface area contributed by atoms with Gasteiger partial charge < -0.3 is 4.74 Å². The fourth-order valence-corrected chi connectivity index (χ4v) is 1.56. The van der Waals surface area contributed by atoms with Crippen molar-refractivity contribution in [3.63, 3.8) is 0 Å². The maximum absolute atomic E-state index is 5.78. The number of alkyl halides is 1. The zero-order valence-corrected chi connectivity index (χ0v) is 9.90. The van der Waals surface area contributed by atoms with Crippen molar-refractivity contribution >= 4 is 11.6 Å². The van der Waals surface area contributed by atoms with Crippen molar-refractivity contribution in [3.05, 3.63) is 35.8 Å². The van der Waals surface area contributed by atoms with Gasteiger partial charge in [0.2, 0.25) is 5.88 Å². The second-order valence-corrected chi connectivity index (χ2v) is 3.81. The molecule has 0 unspecified atom stereocenters. The molecule has 2 aromatic rings. The third-order valence-corrected chi connectivity index (χ3v) is 2.36. The summed E-state index contributed by atoms with van der Waals surface area (Å²) in [5.41, 5.74) is 1.88. The van der Waals surface area contributed by atoms with Crippen molar-refractivity contribution in [2.45, 2.75) is 12.8 Å². The second kappa shape index (κ2) is 4.53. The fraction of sp³-hybridized carbons (Fsp3) is 0.273. The SMILES string of the molecule is Cc1cc(CCl)cc(Oc2cnn(C)c2)n1. The zero-order valence-electron chi connectivity index (χ0n) is 9.14. The summed E-state index contributed by atoms with van der Waals surface area (Å²) in [6.45, 7) is 1.91. The Kier molecular flexibility index (Phi) is 3.10. The maximum atomic E-state index is 5.78. The van der Waals surface area contributed by atoms with Gasteiger partial charge in [0.1, 0.15) is 0 Å². The molecular weight excluding hydrogens is 226 g/mol. The number of hydrogen-bond acceptors (Lipinski definition) is 3. The first kappa shape index (κ1) is 11.0. The molecule has 0 N–H and O–H groups in total. The molecule has 0 aliphatic rings. The highest BCUT2D eigenvalue weighted by Crippen LogP contribution is 2.20. The van der Waals surface area contributed by atoms with Gasteiger partial charge in [-0.1, -0.05) is 0 Å². The normalized spacial score (nSPS) is 10.4. The molecule has 0 saturated heterocycles. The molecular formula is C11H12ClN3O. The van der Waals surface area contributed by atoms with E-state index in [1.165, 1.54) is 0 Å². The maximum Gasteiger partial charge on any atom is 0.219 e. The lowest BCUT2D eigenvalue weighted by Gasteiger charge is -2.04. The summed E-state index contributed by atoms with van der Waals surface area (Å²) in [6, 6.07) is 3.76. The molecule has 84 valence electrons. The van der Waals surface area contributed by atoms with Crippen LogP contribution >= 0.6 is 11.6 Å². The molecule has 0 spiro atoms. The Hall–Kier alpha value is -1.55. The van der Waals surface area contributed by atoms with Crippen molar-refractivity contribution in [3.8, 4) is 11.6 Å². The first-order valence-corrected chi connectivity index (χ1v) is 5.41. The molecule has 0 aliphatic heterocycles. The minimum atomic E-state index is 0.451. The molecule has 0 aromatic carbocycles. The Morgan fingerprint density at radius 2 is 2.25 bits per heavy atom. The minimum absolute atomic E-state index is 0.451. The van der Waals surface area contributed by atoms with Gasteiger partial charge in [-0.15, -0.1) is 11.6 Å². The predicted octanol–water partition coefficient (Wildman–Crippen LogP) is 2.65. The molecule has 0 aliphatic carbocycles. The monoisotopic (exact) mass is 237 g/mol. The molecule has 0 saturated carbocycles. The van der Waals surface area contributed by atoms with Crippen LogP contribution in [0.5, 0.6) is 11.6 Å². The Labute approximate surface area is 98.8 Å². The highest BCUT2D eigenvalue weighted by atomic mass is 35.5. The van der Waals surface area contributed by atoms with Crippen LogP contribution in [0.1, 0.15) is 11.3 Å². The molecule has 4 nitrogen and oxygen atoms in total. The quantitative estimate of drug-likeness (QED) is 0.771. The summed E-state index contributed by atoms with van der Waals surface area (Å²) < 4.78 is 7.24. The Morgan fingerprint density at radius 1 is 1.44 bits per heavy atom. The third-order valence-electron chi connectivity index (χ3n) is 2.05. The van der Waals surface area contributed by atoms with Crippen LogP contribution < -0.4 is 4.74 Å². The summed E-state index contributed by atoms with van der Waals surface area (Å²) >= 11 is 5.78. The molecule has 2 heterocycles. The number of hydrogen-bond donors (Lipinski definition) is 0. The van der Waals surface area contributed by atoms with E-state index in [4.69, 9.17) is 16.3 Å². The van der Waals surface area contributed by atoms with E-state index in [9.17, 15) is 0 Å². The third kappa shape index (κ3) is 2.52. The number of halogens is 1. The van der Waals surface area contributed by atoms with Gasteiger partial charge >= 0.3 is 0 Å². The first-order chi connectivity index (χ1) is 7.67. The standard InChI is InChI=1S/C11H12ClN3O/c1-8-3-9(5-12)4-11(14-8)16-10-6-13-15(2)7-10/h3-4,6-7H,5H2,1-2H3. The molecule has 0 radical (unpaired) electrons. The molecule has 2 rings (SSSR count). The first-order valence-electron chi connectivity index (χ1n) is 4.87. The van der Waals surface area contributed by atoms with Crippen LogP contribution in [0, 0.1) is 6.92 Å². The van der Waals surface area contributed by atoms with Crippen molar-refractivity contribution < 1.29 is 4.74 Å². The topological polar surface area (TPSA) is 39.9 Å². The summed E-state index contributed by atoms with van der Waals surface area (Å²) in [5.74, 6) is 1.66. The largest absolute Gasteiger partial charge is 0.436 e. The number of aryl methyl sites for hydroxylation is 2. The van der Waals surface area contributed by atoms with E-state index in [-0.39, 0.29) is 0 Å². The molecule has 0 fully saturated rings. The van der Waals surface area contributed by atoms with E-state index < -0.39 is 0 Å². The average molecular weight is 238 g/mol. The molecule has 0 amide bonds. The Morgan fingerprint density at radius 3 is 2.88 bits per heavy atom. The van der Waals surface area contributed by atoms with E-state index in [0.29, 0.717) is 17.5 Å². The van der Waals surface area contributed by atoms with Gasteiger partial charge in [0.05, 0.1) is 12.4 Å². The number of ether oxygens (including phenoxy) is 1. The lowest BCUT2D eigenvalue weighted by Crippen LogP contribution is -1.92. The van der Waals surface area contributed by atoms with Gasteiger partial charge in [0.15, 0.2) is 5.75 Å². The number of aromatic nitrogens is 3. The van der Waals surface area contributed by atoms with Gasteiger partial charge in [0, 0.05) is 24.7 Å². The van der Waals surface area contributed by atoms with Crippen LogP contribution in [-0.2, 0) is 12.9 Å². The van der Waals surface area contributed by atoms with Crippen LogP contribution in [0.2, 0.25) is 0 Å². The zero-order chi connectivity index (χ0) is 11.5. The predicted molar refractivity (Wildman–Crippen MR) is 61.8 cm³/mol. The van der Waals surface area contributed by atoms with E-state index in [2.05, 4.69) is 10.1 Å². The average Bonchev–Trinajstić information content (AvgIpc) is 2.63. The van der Waals surface area contributed by atoms with Gasteiger partial charge in [-0.05, 0) is 18.6 Å². The second-order valence-electron chi connectivity index (χ2n) is 3.54. The van der Waals surface area contributed by atoms with Crippen LogP contribution in [0.4, 0.5) is 0 Å². The van der Waals surface area contributed by atoms with Crippen LogP contribution in [-0.4, -0.2) is 14.8 Å². The van der Waals surface area contributed by atoms with Gasteiger partial charge in [-0.25, -0.2) is 4.98 Å². The van der Waals surface area contributed by atoms with E-state index >= 15 is 0 Å². The fourth-order valence-electron chi connectivity index (χ4n) is 1.41. The summed E-state index contributed by atoms with van der Waals surface area (Å²) in [5, 5.41) is 4.02. The van der Waals surface area contributed by atoms with Crippen molar-refractivity contribution in [2.24, 2.45) is 7.05 Å². The van der Waals surface area contributed by atoms with Gasteiger partial charge in [0.25, 0.3) is 0 Å². The Bertz CT molecular complexity index is 496. The smallest absolute Gasteiger partial charge is 0.219 e. The molecule has 16 heavy (non-hydrogen) atoms. The lowest BCUT2D eigenvalue weighted by atomic mass is 10.2. The molecule has 2 aromatic heterocycles. The number of rotatable bonds is 3. The van der Waals surface area contributed by atoms with Gasteiger partial charge in [-0.2, -0.15) is 5.10 Å². The Balaban J connectivity index is 2.24. The van der Waals surface area contributed by atoms with Gasteiger partial charge in [-0.3, -0.25) is 4.68 Å². The van der Waals surface area contributed by atoms with Crippen LogP contribution in [0.15, 0.2) is 24.5 Å². The van der Waals surface area contributed by atoms with E-state index in [0.717, 1.165) is 11.3 Å². The minimum Gasteiger partial charge on any atom is -0.436 e. The lowest BCUT2D eigenvalue weighted by molar-refractivity contribution is 0.460. The van der Waals surface area contributed by atoms with Crippen LogP contribution in [0.25, 0.3) is 0 Å². The van der Waals surface area contributed by atoms with E-state index in [1.807, 2.05) is 26.1 Å². The van der Waals surface area contributed by atoms with Crippen molar-refractivity contribution in [1.82, 2.24) is 14.8 Å². The van der Waals surface area contributed by atoms with Crippen LogP contribution in [0.3, 0.4) is 0 Å². The van der Waals surface area contributed by atoms with Crippen molar-refractivity contribution in [1.29, 1.82) is 0 Å². The molecule has 0 bridgehead atoms. The van der Waals surface area contributed by atoms with E-state index in [1.54, 1.807) is 17.1 Å².